The van der Waals surface area contributed by atoms with Gasteiger partial charge in [-0.1, -0.05) is 6.58 Å². The van der Waals surface area contributed by atoms with Gasteiger partial charge in [-0.15, -0.1) is 5.10 Å². The SMILES string of the molecule is C=C(C)NC[C@H]1CN(S(=O)(=O)c2cn(CC)nc2OC)c2cc(NC(=O)OC(C)(C)C)ccc2O1. The molecule has 35 heavy (non-hydrogen) atoms. The molecule has 1 amide bonds. The minimum Gasteiger partial charge on any atom is -0.484 e. The van der Waals surface area contributed by atoms with E-state index in [4.69, 9.17) is 14.2 Å². The molecule has 0 unspecified atom stereocenters. The van der Waals surface area contributed by atoms with E-state index in [1.165, 1.54) is 28.4 Å². The van der Waals surface area contributed by atoms with Crippen LogP contribution in [0.2, 0.25) is 0 Å². The van der Waals surface area contributed by atoms with Crippen LogP contribution in [0.25, 0.3) is 0 Å². The predicted molar refractivity (Wildman–Crippen MR) is 133 cm³/mol. The number of anilines is 2. The van der Waals surface area contributed by atoms with Crippen molar-refractivity contribution < 1.29 is 27.4 Å². The highest BCUT2D eigenvalue weighted by atomic mass is 32.2. The van der Waals surface area contributed by atoms with Crippen molar-refractivity contribution in [1.29, 1.82) is 0 Å². The summed E-state index contributed by atoms with van der Waals surface area (Å²) in [6, 6.07) is 4.78. The predicted octanol–water partition coefficient (Wildman–Crippen LogP) is 3.34. The number of sulfonamides is 1. The van der Waals surface area contributed by atoms with E-state index in [2.05, 4.69) is 22.3 Å². The van der Waals surface area contributed by atoms with Gasteiger partial charge >= 0.3 is 6.09 Å². The highest BCUT2D eigenvalue weighted by molar-refractivity contribution is 7.93. The van der Waals surface area contributed by atoms with Gasteiger partial charge in [0.05, 0.1) is 25.9 Å². The first-order valence-corrected chi connectivity index (χ1v) is 12.6. The quantitative estimate of drug-likeness (QED) is 0.558. The second-order valence-corrected chi connectivity index (χ2v) is 10.9. The Bertz CT molecular complexity index is 1200. The maximum Gasteiger partial charge on any atom is 0.412 e. The van der Waals surface area contributed by atoms with Gasteiger partial charge in [0.2, 0.25) is 0 Å². The van der Waals surface area contributed by atoms with Crippen molar-refractivity contribution >= 4 is 27.5 Å². The molecule has 0 aliphatic carbocycles. The number of nitrogens with one attached hydrogen (secondary N) is 2. The molecule has 1 aromatic carbocycles. The second-order valence-electron chi connectivity index (χ2n) is 9.10. The molecule has 1 atom stereocenters. The topological polar surface area (TPSA) is 124 Å². The Hall–Kier alpha value is -3.41. The van der Waals surface area contributed by atoms with E-state index >= 15 is 0 Å². The molecule has 0 spiro atoms. The molecule has 3 rings (SSSR count). The number of aryl methyl sites for hydroxylation is 1. The van der Waals surface area contributed by atoms with E-state index in [0.717, 1.165) is 5.70 Å². The lowest BCUT2D eigenvalue weighted by Crippen LogP contribution is -2.47. The summed E-state index contributed by atoms with van der Waals surface area (Å²) in [5.74, 6) is 0.351. The Labute approximate surface area is 206 Å². The summed E-state index contributed by atoms with van der Waals surface area (Å²) in [4.78, 5) is 12.2. The van der Waals surface area contributed by atoms with Gasteiger partial charge in [0.15, 0.2) is 4.90 Å². The lowest BCUT2D eigenvalue weighted by molar-refractivity contribution is 0.0636. The summed E-state index contributed by atoms with van der Waals surface area (Å²) < 4.78 is 47.1. The highest BCUT2D eigenvalue weighted by Crippen LogP contribution is 2.40. The zero-order valence-corrected chi connectivity index (χ0v) is 21.7. The van der Waals surface area contributed by atoms with Crippen molar-refractivity contribution in [2.45, 2.75) is 57.8 Å². The molecule has 1 aliphatic heterocycles. The molecule has 2 aromatic rings. The van der Waals surface area contributed by atoms with Crippen LogP contribution < -0.4 is 24.4 Å². The molecular weight excluding hydrogens is 474 g/mol. The zero-order valence-electron chi connectivity index (χ0n) is 20.9. The minimum absolute atomic E-state index is 0.000428. The largest absolute Gasteiger partial charge is 0.484 e. The van der Waals surface area contributed by atoms with Gasteiger partial charge < -0.3 is 19.5 Å². The van der Waals surface area contributed by atoms with Crippen LogP contribution in [0.4, 0.5) is 16.2 Å². The number of methoxy groups -OCH3 is 1. The van der Waals surface area contributed by atoms with E-state index in [1.54, 1.807) is 32.9 Å². The fraction of sp³-hybridized carbons (Fsp3) is 0.478. The zero-order chi connectivity index (χ0) is 26.0. The number of fused-ring (bicyclic) bond motifs is 1. The van der Waals surface area contributed by atoms with Crippen LogP contribution in [-0.2, 0) is 21.3 Å². The van der Waals surface area contributed by atoms with Gasteiger partial charge in [-0.3, -0.25) is 14.3 Å². The van der Waals surface area contributed by atoms with E-state index in [-0.39, 0.29) is 23.0 Å². The van der Waals surface area contributed by atoms with Crippen molar-refractivity contribution in [3.8, 4) is 11.6 Å². The molecule has 0 fully saturated rings. The maximum atomic E-state index is 13.9. The minimum atomic E-state index is -4.10. The molecule has 0 saturated heterocycles. The lowest BCUT2D eigenvalue weighted by Gasteiger charge is -2.35. The average molecular weight is 508 g/mol. The molecule has 0 radical (unpaired) electrons. The number of benzene rings is 1. The van der Waals surface area contributed by atoms with Crippen molar-refractivity contribution in [3.05, 3.63) is 36.7 Å². The number of hydrogen-bond donors (Lipinski definition) is 2. The third-order valence-corrected chi connectivity index (χ3v) is 6.71. The van der Waals surface area contributed by atoms with Gasteiger partial charge in [0.25, 0.3) is 15.9 Å². The monoisotopic (exact) mass is 507 g/mol. The maximum absolute atomic E-state index is 13.9. The summed E-state index contributed by atoms with van der Waals surface area (Å²) in [6.07, 6.45) is 0.289. The summed E-state index contributed by atoms with van der Waals surface area (Å²) in [5.41, 5.74) is 0.681. The van der Waals surface area contributed by atoms with Gasteiger partial charge in [0.1, 0.15) is 17.5 Å². The molecule has 2 heterocycles. The summed E-state index contributed by atoms with van der Waals surface area (Å²) in [5, 5.41) is 9.93. The second kappa shape index (κ2) is 10.1. The molecule has 0 bridgehead atoms. The Balaban J connectivity index is 2.03. The van der Waals surface area contributed by atoms with E-state index in [9.17, 15) is 13.2 Å². The van der Waals surface area contributed by atoms with Crippen LogP contribution in [0.1, 0.15) is 34.6 Å². The number of carbonyl (C=O) groups is 1. The van der Waals surface area contributed by atoms with Gasteiger partial charge in [0, 0.05) is 24.1 Å². The van der Waals surface area contributed by atoms with Crippen LogP contribution in [0.3, 0.4) is 0 Å². The van der Waals surface area contributed by atoms with Crippen LogP contribution in [0.15, 0.2) is 41.6 Å². The van der Waals surface area contributed by atoms with E-state index in [1.807, 2.05) is 13.8 Å². The first-order valence-electron chi connectivity index (χ1n) is 11.2. The van der Waals surface area contributed by atoms with Gasteiger partial charge in [-0.2, -0.15) is 0 Å². The number of nitrogens with zero attached hydrogens (tertiary/aromatic N) is 3. The molecule has 192 valence electrons. The standard InChI is InChI=1S/C23H33N5O6S/c1-8-27-14-20(21(26-27)32-7)35(30,31)28-13-17(12-24-15(2)3)33-19-10-9-16(11-18(19)28)25-22(29)34-23(4,5)6/h9-11,14,17,24H,2,8,12-13H2,1,3-7H3,(H,25,29)/t17-/m0/s1. The van der Waals surface area contributed by atoms with Crippen LogP contribution >= 0.6 is 0 Å². The normalized spacial score (nSPS) is 15.6. The Morgan fingerprint density at radius 1 is 1.34 bits per heavy atom. The molecule has 1 aliphatic rings. The van der Waals surface area contributed by atoms with Crippen molar-refractivity contribution in [2.24, 2.45) is 0 Å². The molecule has 2 N–H and O–H groups in total. The molecule has 1 aromatic heterocycles. The Morgan fingerprint density at radius 2 is 2.06 bits per heavy atom. The number of amides is 1. The smallest absolute Gasteiger partial charge is 0.412 e. The lowest BCUT2D eigenvalue weighted by atomic mass is 10.2. The first-order chi connectivity index (χ1) is 16.3. The number of rotatable bonds is 8. The number of hydrogen-bond acceptors (Lipinski definition) is 8. The van der Waals surface area contributed by atoms with Crippen molar-refractivity contribution in [1.82, 2.24) is 15.1 Å². The molecule has 11 nitrogen and oxygen atoms in total. The summed E-state index contributed by atoms with van der Waals surface area (Å²) >= 11 is 0. The average Bonchev–Trinajstić information content (AvgIpc) is 3.20. The number of ether oxygens (including phenoxy) is 3. The third-order valence-electron chi connectivity index (χ3n) is 4.95. The van der Waals surface area contributed by atoms with Crippen molar-refractivity contribution in [2.75, 3.05) is 29.8 Å². The number of allylic oxidation sites excluding steroid dienone is 1. The Morgan fingerprint density at radius 3 is 2.66 bits per heavy atom. The Kier molecular flexibility index (Phi) is 7.53. The summed E-state index contributed by atoms with van der Waals surface area (Å²) in [6.45, 7) is 13.6. The molecule has 12 heteroatoms. The first kappa shape index (κ1) is 26.2. The molecular formula is C23H33N5O6S. The van der Waals surface area contributed by atoms with Gasteiger partial charge in [-0.05, 0) is 52.8 Å². The van der Waals surface area contributed by atoms with E-state index < -0.39 is 27.8 Å². The van der Waals surface area contributed by atoms with Crippen LogP contribution in [0, 0.1) is 0 Å². The van der Waals surface area contributed by atoms with Crippen LogP contribution in [-0.4, -0.2) is 56.2 Å². The highest BCUT2D eigenvalue weighted by Gasteiger charge is 2.37. The van der Waals surface area contributed by atoms with E-state index in [0.29, 0.717) is 24.5 Å². The molecule has 0 saturated carbocycles. The number of carbonyl (C=O) groups excluding carboxylic acids is 1. The van der Waals surface area contributed by atoms with Crippen molar-refractivity contribution in [3.63, 3.8) is 0 Å². The number of aromatic nitrogens is 2. The summed E-state index contributed by atoms with van der Waals surface area (Å²) in [7, 11) is -2.73. The fourth-order valence-corrected chi connectivity index (χ4v) is 5.02. The fourth-order valence-electron chi connectivity index (χ4n) is 3.42. The third kappa shape index (κ3) is 6.18. The van der Waals surface area contributed by atoms with Gasteiger partial charge in [-0.25, -0.2) is 13.2 Å². The van der Waals surface area contributed by atoms with Crippen LogP contribution in [0.5, 0.6) is 11.6 Å².